The van der Waals surface area contributed by atoms with E-state index in [9.17, 15) is 13.6 Å². The van der Waals surface area contributed by atoms with Crippen LogP contribution in [0, 0.1) is 11.6 Å². The van der Waals surface area contributed by atoms with E-state index in [2.05, 4.69) is 5.32 Å². The predicted molar refractivity (Wildman–Crippen MR) is 81.6 cm³/mol. The van der Waals surface area contributed by atoms with Gasteiger partial charge in [0.2, 0.25) is 0 Å². The van der Waals surface area contributed by atoms with Gasteiger partial charge in [-0.15, -0.1) is 0 Å². The van der Waals surface area contributed by atoms with E-state index < -0.39 is 11.6 Å². The summed E-state index contributed by atoms with van der Waals surface area (Å²) in [6.45, 7) is 0.225. The fourth-order valence-corrected chi connectivity index (χ4v) is 2.22. The molecule has 0 radical (unpaired) electrons. The van der Waals surface area contributed by atoms with E-state index in [0.29, 0.717) is 11.1 Å². The molecule has 2 rings (SSSR count). The molecule has 1 atom stereocenters. The zero-order valence-corrected chi connectivity index (χ0v) is 12.5. The van der Waals surface area contributed by atoms with Crippen LogP contribution in [0.4, 0.5) is 8.78 Å². The Kier molecular flexibility index (Phi) is 5.22. The van der Waals surface area contributed by atoms with Crippen molar-refractivity contribution < 1.29 is 13.6 Å². The number of likely N-dealkylation sites (N-methyl/N-ethyl adjacent to an activating group) is 1. The standard InChI is InChI=1S/C17H18F2N2O/c1-21(2)16(14-9-8-13(18)10-15(14)19)11-20-17(22)12-6-4-3-5-7-12/h3-10,16H,11H2,1-2H3,(H,20,22). The summed E-state index contributed by atoms with van der Waals surface area (Å²) in [6.07, 6.45) is 0. The number of carbonyl (C=O) groups is 1. The van der Waals surface area contributed by atoms with Gasteiger partial charge in [-0.1, -0.05) is 24.3 Å². The van der Waals surface area contributed by atoms with Gasteiger partial charge in [-0.2, -0.15) is 0 Å². The first-order valence-corrected chi connectivity index (χ1v) is 6.93. The normalized spacial score (nSPS) is 12.2. The number of halogens is 2. The number of carbonyl (C=O) groups excluding carboxylic acids is 1. The number of amides is 1. The average Bonchev–Trinajstić information content (AvgIpc) is 2.49. The number of hydrogen-bond donors (Lipinski definition) is 1. The lowest BCUT2D eigenvalue weighted by atomic mass is 10.0. The molecule has 0 aromatic heterocycles. The molecule has 0 heterocycles. The molecule has 22 heavy (non-hydrogen) atoms. The minimum absolute atomic E-state index is 0.225. The van der Waals surface area contributed by atoms with Crippen molar-refractivity contribution in [3.8, 4) is 0 Å². The first kappa shape index (κ1) is 16.1. The van der Waals surface area contributed by atoms with Crippen LogP contribution in [-0.4, -0.2) is 31.4 Å². The fraction of sp³-hybridized carbons (Fsp3) is 0.235. The molecule has 2 aromatic rings. The van der Waals surface area contributed by atoms with Gasteiger partial charge in [-0.05, 0) is 32.3 Å². The van der Waals surface area contributed by atoms with E-state index in [0.717, 1.165) is 6.07 Å². The van der Waals surface area contributed by atoms with Gasteiger partial charge < -0.3 is 10.2 Å². The Labute approximate surface area is 128 Å². The average molecular weight is 304 g/mol. The highest BCUT2D eigenvalue weighted by Crippen LogP contribution is 2.21. The second-order valence-corrected chi connectivity index (χ2v) is 5.22. The van der Waals surface area contributed by atoms with E-state index in [4.69, 9.17) is 0 Å². The summed E-state index contributed by atoms with van der Waals surface area (Å²) in [5.74, 6) is -1.46. The Morgan fingerprint density at radius 1 is 1.14 bits per heavy atom. The van der Waals surface area contributed by atoms with Gasteiger partial charge in [0.05, 0.1) is 6.04 Å². The van der Waals surface area contributed by atoms with Gasteiger partial charge in [0.15, 0.2) is 0 Å². The molecule has 0 aliphatic carbocycles. The fourth-order valence-electron chi connectivity index (χ4n) is 2.22. The van der Waals surface area contributed by atoms with Gasteiger partial charge in [0.25, 0.3) is 5.91 Å². The van der Waals surface area contributed by atoms with Crippen LogP contribution in [0.5, 0.6) is 0 Å². The largest absolute Gasteiger partial charge is 0.350 e. The third-order valence-corrected chi connectivity index (χ3v) is 3.44. The molecule has 1 amide bonds. The Bertz CT molecular complexity index is 644. The van der Waals surface area contributed by atoms with Crippen molar-refractivity contribution in [3.63, 3.8) is 0 Å². The lowest BCUT2D eigenvalue weighted by molar-refractivity contribution is 0.0941. The van der Waals surface area contributed by atoms with Crippen LogP contribution in [0.1, 0.15) is 22.0 Å². The summed E-state index contributed by atoms with van der Waals surface area (Å²) in [5.41, 5.74) is 0.888. The molecule has 1 unspecified atom stereocenters. The first-order valence-electron chi connectivity index (χ1n) is 6.93. The van der Waals surface area contributed by atoms with Crippen molar-refractivity contribution in [2.75, 3.05) is 20.6 Å². The van der Waals surface area contributed by atoms with Gasteiger partial charge in [-0.25, -0.2) is 8.78 Å². The van der Waals surface area contributed by atoms with Crippen LogP contribution in [0.2, 0.25) is 0 Å². The summed E-state index contributed by atoms with van der Waals surface area (Å²) in [6, 6.07) is 11.9. The highest BCUT2D eigenvalue weighted by atomic mass is 19.1. The molecular formula is C17H18F2N2O. The smallest absolute Gasteiger partial charge is 0.251 e. The molecule has 0 aliphatic rings. The SMILES string of the molecule is CN(C)C(CNC(=O)c1ccccc1)c1ccc(F)cc1F. The van der Waals surface area contributed by atoms with Crippen LogP contribution in [0.3, 0.4) is 0 Å². The van der Waals surface area contributed by atoms with Crippen LogP contribution < -0.4 is 5.32 Å². The van der Waals surface area contributed by atoms with Gasteiger partial charge in [0.1, 0.15) is 11.6 Å². The number of nitrogens with one attached hydrogen (secondary N) is 1. The Morgan fingerprint density at radius 2 is 1.82 bits per heavy atom. The van der Waals surface area contributed by atoms with E-state index in [1.807, 2.05) is 6.07 Å². The maximum Gasteiger partial charge on any atom is 0.251 e. The number of benzene rings is 2. The summed E-state index contributed by atoms with van der Waals surface area (Å²) in [4.78, 5) is 13.8. The first-order chi connectivity index (χ1) is 10.5. The highest BCUT2D eigenvalue weighted by molar-refractivity contribution is 5.94. The van der Waals surface area contributed by atoms with Crippen LogP contribution in [0.15, 0.2) is 48.5 Å². The van der Waals surface area contributed by atoms with Crippen LogP contribution >= 0.6 is 0 Å². The van der Waals surface area contributed by atoms with Crippen molar-refractivity contribution >= 4 is 5.91 Å². The summed E-state index contributed by atoms with van der Waals surface area (Å²) in [7, 11) is 3.56. The Balaban J connectivity index is 2.11. The number of nitrogens with zero attached hydrogens (tertiary/aromatic N) is 1. The quantitative estimate of drug-likeness (QED) is 0.921. The third-order valence-electron chi connectivity index (χ3n) is 3.44. The molecule has 0 saturated heterocycles. The number of rotatable bonds is 5. The molecule has 0 saturated carbocycles. The minimum atomic E-state index is -0.618. The third kappa shape index (κ3) is 3.89. The highest BCUT2D eigenvalue weighted by Gasteiger charge is 2.19. The van der Waals surface area contributed by atoms with E-state index in [1.54, 1.807) is 43.3 Å². The zero-order chi connectivity index (χ0) is 16.1. The molecule has 2 aromatic carbocycles. The van der Waals surface area contributed by atoms with Gasteiger partial charge >= 0.3 is 0 Å². The van der Waals surface area contributed by atoms with E-state index >= 15 is 0 Å². The van der Waals surface area contributed by atoms with Crippen molar-refractivity contribution in [3.05, 3.63) is 71.3 Å². The summed E-state index contributed by atoms with van der Waals surface area (Å²) in [5, 5.41) is 2.78. The van der Waals surface area contributed by atoms with E-state index in [-0.39, 0.29) is 18.5 Å². The summed E-state index contributed by atoms with van der Waals surface area (Å²) >= 11 is 0. The lowest BCUT2D eigenvalue weighted by Gasteiger charge is -2.25. The monoisotopic (exact) mass is 304 g/mol. The minimum Gasteiger partial charge on any atom is -0.350 e. The Hall–Kier alpha value is -2.27. The van der Waals surface area contributed by atoms with Gasteiger partial charge in [-0.3, -0.25) is 4.79 Å². The van der Waals surface area contributed by atoms with Crippen LogP contribution in [-0.2, 0) is 0 Å². The maximum absolute atomic E-state index is 13.9. The molecule has 5 heteroatoms. The molecule has 3 nitrogen and oxygen atoms in total. The van der Waals surface area contributed by atoms with Crippen molar-refractivity contribution in [2.24, 2.45) is 0 Å². The zero-order valence-electron chi connectivity index (χ0n) is 12.5. The maximum atomic E-state index is 13.9. The molecule has 0 bridgehead atoms. The summed E-state index contributed by atoms with van der Waals surface area (Å²) < 4.78 is 27.0. The molecule has 0 fully saturated rings. The van der Waals surface area contributed by atoms with E-state index in [1.165, 1.54) is 12.1 Å². The second kappa shape index (κ2) is 7.13. The van der Waals surface area contributed by atoms with Gasteiger partial charge in [0, 0.05) is 23.7 Å². The topological polar surface area (TPSA) is 32.3 Å². The second-order valence-electron chi connectivity index (χ2n) is 5.22. The number of hydrogen-bond acceptors (Lipinski definition) is 2. The molecule has 0 aliphatic heterocycles. The van der Waals surface area contributed by atoms with Crippen molar-refractivity contribution in [1.29, 1.82) is 0 Å². The van der Waals surface area contributed by atoms with Crippen molar-refractivity contribution in [2.45, 2.75) is 6.04 Å². The predicted octanol–water partition coefficient (Wildman–Crippen LogP) is 3.00. The molecule has 0 spiro atoms. The molecular weight excluding hydrogens is 286 g/mol. The Morgan fingerprint density at radius 3 is 2.41 bits per heavy atom. The van der Waals surface area contributed by atoms with Crippen molar-refractivity contribution in [1.82, 2.24) is 10.2 Å². The lowest BCUT2D eigenvalue weighted by Crippen LogP contribution is -2.35. The van der Waals surface area contributed by atoms with Crippen LogP contribution in [0.25, 0.3) is 0 Å². The molecule has 1 N–H and O–H groups in total. The molecule has 116 valence electrons.